The number of phenols is 1. The predicted octanol–water partition coefficient (Wildman–Crippen LogP) is 3.86. The van der Waals surface area contributed by atoms with E-state index in [2.05, 4.69) is 29.5 Å². The smallest absolute Gasteiger partial charge is 0.142 e. The molecule has 0 radical (unpaired) electrons. The Morgan fingerprint density at radius 1 is 1.00 bits per heavy atom. The minimum absolute atomic E-state index is 0.171. The molecule has 0 amide bonds. The number of rotatable bonds is 8. The molecule has 6 nitrogen and oxygen atoms in total. The van der Waals surface area contributed by atoms with Gasteiger partial charge in [-0.2, -0.15) is 0 Å². The molecule has 4 aromatic rings. The minimum atomic E-state index is -0.294. The van der Waals surface area contributed by atoms with Gasteiger partial charge in [0.1, 0.15) is 11.3 Å². The zero-order chi connectivity index (χ0) is 21.1. The third-order valence-electron chi connectivity index (χ3n) is 5.34. The molecule has 0 saturated heterocycles. The Labute approximate surface area is 175 Å². The quantitative estimate of drug-likeness (QED) is 0.333. The van der Waals surface area contributed by atoms with Crippen molar-refractivity contribution >= 4 is 21.7 Å². The first-order valence-electron chi connectivity index (χ1n) is 10.2. The summed E-state index contributed by atoms with van der Waals surface area (Å²) in [4.78, 5) is 4.14. The number of hydrogen-bond donors (Lipinski definition) is 4. The second-order valence-corrected chi connectivity index (χ2v) is 7.71. The Bertz CT molecular complexity index is 1140. The Balaban J connectivity index is 1.91. The zero-order valence-corrected chi connectivity index (χ0v) is 17.2. The first kappa shape index (κ1) is 20.3. The maximum absolute atomic E-state index is 11.4. The average molecular weight is 405 g/mol. The van der Waals surface area contributed by atoms with E-state index in [1.54, 1.807) is 18.7 Å². The van der Waals surface area contributed by atoms with Crippen LogP contribution in [0, 0.1) is 0 Å². The number of fused-ring (bicyclic) bond motifs is 3. The predicted molar refractivity (Wildman–Crippen MR) is 119 cm³/mol. The number of aliphatic hydroxyl groups is 1. The first-order chi connectivity index (χ1) is 14.6. The number of benzene rings is 2. The fourth-order valence-corrected chi connectivity index (χ4v) is 3.96. The van der Waals surface area contributed by atoms with Crippen molar-refractivity contribution in [2.45, 2.75) is 32.5 Å². The molecule has 156 valence electrons. The first-order valence-corrected chi connectivity index (χ1v) is 10.2. The van der Waals surface area contributed by atoms with Gasteiger partial charge in [-0.1, -0.05) is 38.1 Å². The van der Waals surface area contributed by atoms with Crippen LogP contribution in [0.4, 0.5) is 0 Å². The molecule has 4 rings (SSSR count). The van der Waals surface area contributed by atoms with Crippen molar-refractivity contribution in [3.63, 3.8) is 0 Å². The Hall–Kier alpha value is -2.93. The van der Waals surface area contributed by atoms with Crippen LogP contribution in [0.3, 0.4) is 0 Å². The van der Waals surface area contributed by atoms with E-state index in [9.17, 15) is 10.2 Å². The van der Waals surface area contributed by atoms with Gasteiger partial charge in [-0.3, -0.25) is 4.98 Å². The maximum Gasteiger partial charge on any atom is 0.142 e. The van der Waals surface area contributed by atoms with E-state index < -0.39 is 0 Å². The number of aromatic hydroxyl groups is 1. The number of pyridine rings is 1. The summed E-state index contributed by atoms with van der Waals surface area (Å²) in [6.45, 7) is 5.53. The SMILES string of the molecule is CC(C)NCCNC(c1ccncc1)c1c(O)c2ccccc2c2occ(CO)c12. The third kappa shape index (κ3) is 3.77. The highest BCUT2D eigenvalue weighted by Crippen LogP contribution is 2.44. The maximum atomic E-state index is 11.4. The number of aliphatic hydroxyl groups excluding tert-OH is 1. The third-order valence-corrected chi connectivity index (χ3v) is 5.34. The van der Waals surface area contributed by atoms with Gasteiger partial charge in [-0.15, -0.1) is 0 Å². The van der Waals surface area contributed by atoms with E-state index >= 15 is 0 Å². The van der Waals surface area contributed by atoms with Crippen LogP contribution in [0.2, 0.25) is 0 Å². The largest absolute Gasteiger partial charge is 0.507 e. The van der Waals surface area contributed by atoms with Crippen LogP contribution in [0.1, 0.15) is 36.6 Å². The summed E-state index contributed by atoms with van der Waals surface area (Å²) in [7, 11) is 0. The van der Waals surface area contributed by atoms with Crippen LogP contribution in [0.5, 0.6) is 5.75 Å². The highest BCUT2D eigenvalue weighted by Gasteiger charge is 2.26. The van der Waals surface area contributed by atoms with Crippen LogP contribution < -0.4 is 10.6 Å². The molecule has 1 unspecified atom stereocenters. The van der Waals surface area contributed by atoms with Crippen molar-refractivity contribution < 1.29 is 14.6 Å². The van der Waals surface area contributed by atoms with Crippen LogP contribution in [0.15, 0.2) is 59.5 Å². The van der Waals surface area contributed by atoms with Crippen molar-refractivity contribution in [2.24, 2.45) is 0 Å². The van der Waals surface area contributed by atoms with E-state index in [4.69, 9.17) is 4.42 Å². The summed E-state index contributed by atoms with van der Waals surface area (Å²) in [6, 6.07) is 11.6. The molecular formula is C24H27N3O3. The molecular weight excluding hydrogens is 378 g/mol. The lowest BCUT2D eigenvalue weighted by Gasteiger charge is -2.23. The van der Waals surface area contributed by atoms with Crippen LogP contribution in [-0.4, -0.2) is 34.3 Å². The van der Waals surface area contributed by atoms with Gasteiger partial charge in [0.25, 0.3) is 0 Å². The van der Waals surface area contributed by atoms with E-state index in [-0.39, 0.29) is 18.4 Å². The number of hydrogen-bond acceptors (Lipinski definition) is 6. The molecule has 2 aromatic heterocycles. The molecule has 1 atom stereocenters. The zero-order valence-electron chi connectivity index (χ0n) is 17.2. The van der Waals surface area contributed by atoms with E-state index in [0.717, 1.165) is 28.3 Å². The van der Waals surface area contributed by atoms with Crippen LogP contribution in [0.25, 0.3) is 21.7 Å². The van der Waals surface area contributed by atoms with E-state index in [1.807, 2.05) is 36.4 Å². The molecule has 0 aliphatic rings. The number of phenolic OH excluding ortho intramolecular Hbond substituents is 1. The van der Waals surface area contributed by atoms with Gasteiger partial charge < -0.3 is 25.3 Å². The summed E-state index contributed by atoms with van der Waals surface area (Å²) < 4.78 is 5.87. The lowest BCUT2D eigenvalue weighted by atomic mass is 9.90. The van der Waals surface area contributed by atoms with Crippen molar-refractivity contribution in [2.75, 3.05) is 13.1 Å². The fraction of sp³-hybridized carbons (Fsp3) is 0.292. The molecule has 0 aliphatic heterocycles. The topological polar surface area (TPSA) is 90.6 Å². The molecule has 6 heteroatoms. The summed E-state index contributed by atoms with van der Waals surface area (Å²) in [5.41, 5.74) is 3.01. The van der Waals surface area contributed by atoms with Crippen molar-refractivity contribution in [1.29, 1.82) is 0 Å². The standard InChI is InChI=1S/C24H27N3O3/c1-15(2)26-11-12-27-22(16-7-9-25-10-8-16)21-20-17(13-28)14-30-24(20)19-6-4-3-5-18(19)23(21)29/h3-10,14-15,22,26-29H,11-13H2,1-2H3. The molecule has 0 saturated carbocycles. The van der Waals surface area contributed by atoms with Gasteiger partial charge in [0.15, 0.2) is 0 Å². The van der Waals surface area contributed by atoms with E-state index in [0.29, 0.717) is 29.3 Å². The normalized spacial score (nSPS) is 12.8. The van der Waals surface area contributed by atoms with Crippen molar-refractivity contribution in [1.82, 2.24) is 15.6 Å². The van der Waals surface area contributed by atoms with Gasteiger partial charge in [-0.25, -0.2) is 0 Å². The average Bonchev–Trinajstić information content (AvgIpc) is 3.20. The number of aromatic nitrogens is 1. The molecule has 0 spiro atoms. The molecule has 0 bridgehead atoms. The van der Waals surface area contributed by atoms with Gasteiger partial charge in [-0.05, 0) is 17.7 Å². The highest BCUT2D eigenvalue weighted by atomic mass is 16.3. The highest BCUT2D eigenvalue weighted by molar-refractivity contribution is 6.10. The number of nitrogens with one attached hydrogen (secondary N) is 2. The Morgan fingerprint density at radius 3 is 2.40 bits per heavy atom. The summed E-state index contributed by atoms with van der Waals surface area (Å²) >= 11 is 0. The minimum Gasteiger partial charge on any atom is -0.507 e. The van der Waals surface area contributed by atoms with Gasteiger partial charge in [0.2, 0.25) is 0 Å². The summed E-state index contributed by atoms with van der Waals surface area (Å²) in [6.07, 6.45) is 5.06. The second kappa shape index (κ2) is 8.83. The lowest BCUT2D eigenvalue weighted by Crippen LogP contribution is -2.34. The Morgan fingerprint density at radius 2 is 1.70 bits per heavy atom. The van der Waals surface area contributed by atoms with Gasteiger partial charge >= 0.3 is 0 Å². The molecule has 2 heterocycles. The fourth-order valence-electron chi connectivity index (χ4n) is 3.96. The molecule has 4 N–H and O–H groups in total. The second-order valence-electron chi connectivity index (χ2n) is 7.71. The van der Waals surface area contributed by atoms with Gasteiger partial charge in [0.05, 0.1) is 18.9 Å². The monoisotopic (exact) mass is 405 g/mol. The Kier molecular flexibility index (Phi) is 5.99. The summed E-state index contributed by atoms with van der Waals surface area (Å²) in [5.74, 6) is 0.195. The molecule has 0 fully saturated rings. The number of nitrogens with zero attached hydrogens (tertiary/aromatic N) is 1. The summed E-state index contributed by atoms with van der Waals surface area (Å²) in [5, 5.41) is 30.6. The molecule has 2 aromatic carbocycles. The lowest BCUT2D eigenvalue weighted by molar-refractivity contribution is 0.281. The van der Waals surface area contributed by atoms with Crippen molar-refractivity contribution in [3.05, 3.63) is 71.7 Å². The van der Waals surface area contributed by atoms with Gasteiger partial charge in [0, 0.05) is 58.8 Å². The van der Waals surface area contributed by atoms with Crippen LogP contribution in [-0.2, 0) is 6.61 Å². The van der Waals surface area contributed by atoms with E-state index in [1.165, 1.54) is 0 Å². The van der Waals surface area contributed by atoms with Crippen molar-refractivity contribution in [3.8, 4) is 5.75 Å². The van der Waals surface area contributed by atoms with Crippen LogP contribution >= 0.6 is 0 Å². The molecule has 0 aliphatic carbocycles. The number of furan rings is 1. The molecule has 30 heavy (non-hydrogen) atoms.